The minimum absolute atomic E-state index is 0.0759. The Bertz CT molecular complexity index is 2390. The van der Waals surface area contributed by atoms with Crippen molar-refractivity contribution in [2.24, 2.45) is 5.92 Å². The maximum Gasteiger partial charge on any atom is 0.264 e. The van der Waals surface area contributed by atoms with Gasteiger partial charge in [0.15, 0.2) is 0 Å². The van der Waals surface area contributed by atoms with Gasteiger partial charge in [0.25, 0.3) is 11.8 Å². The van der Waals surface area contributed by atoms with Crippen molar-refractivity contribution in [3.8, 4) is 17.3 Å². The highest BCUT2D eigenvalue weighted by atomic mass is 16.5. The third kappa shape index (κ3) is 8.09. The van der Waals surface area contributed by atoms with Crippen LogP contribution in [0, 0.1) is 17.2 Å². The minimum atomic E-state index is -0.765. The van der Waals surface area contributed by atoms with Gasteiger partial charge in [0.05, 0.1) is 54.8 Å². The summed E-state index contributed by atoms with van der Waals surface area (Å²) >= 11 is 0. The van der Waals surface area contributed by atoms with Crippen LogP contribution in [0.2, 0.25) is 0 Å². The second kappa shape index (κ2) is 17.6. The fraction of sp³-hybridized carbons (Fsp3) is 0.444. The summed E-state index contributed by atoms with van der Waals surface area (Å²) in [5, 5.41) is 24.7. The molecule has 2 atom stereocenters. The number of nitrogens with one attached hydrogen (secondary N) is 4. The lowest BCUT2D eigenvalue weighted by Crippen LogP contribution is -2.52. The van der Waals surface area contributed by atoms with E-state index in [-0.39, 0.29) is 11.9 Å². The Morgan fingerprint density at radius 3 is 2.57 bits per heavy atom. The summed E-state index contributed by atoms with van der Waals surface area (Å²) in [7, 11) is 0. The van der Waals surface area contributed by atoms with Crippen molar-refractivity contribution in [3.05, 3.63) is 83.8 Å². The number of anilines is 3. The van der Waals surface area contributed by atoms with Gasteiger partial charge in [0.2, 0.25) is 11.9 Å². The van der Waals surface area contributed by atoms with Gasteiger partial charge in [-0.25, -0.2) is 4.98 Å². The molecule has 60 heavy (non-hydrogen) atoms. The van der Waals surface area contributed by atoms with Crippen molar-refractivity contribution in [1.82, 2.24) is 39.8 Å². The fourth-order valence-electron chi connectivity index (χ4n) is 9.52. The number of hydrogen-bond donors (Lipinski definition) is 4. The van der Waals surface area contributed by atoms with Gasteiger partial charge in [-0.1, -0.05) is 31.0 Å². The maximum atomic E-state index is 13.3. The Labute approximate surface area is 348 Å². The van der Waals surface area contributed by atoms with Gasteiger partial charge >= 0.3 is 0 Å². The summed E-state index contributed by atoms with van der Waals surface area (Å²) in [4.78, 5) is 55.4. The van der Waals surface area contributed by atoms with Gasteiger partial charge in [-0.2, -0.15) is 15.3 Å². The lowest BCUT2D eigenvalue weighted by molar-refractivity contribution is -0.126. The van der Waals surface area contributed by atoms with Crippen LogP contribution in [0.3, 0.4) is 0 Å². The summed E-state index contributed by atoms with van der Waals surface area (Å²) in [6.45, 7) is 4.94. The van der Waals surface area contributed by atoms with Crippen LogP contribution in [-0.2, 0) is 9.53 Å². The fourth-order valence-corrected chi connectivity index (χ4v) is 9.52. The highest BCUT2D eigenvalue weighted by molar-refractivity contribution is 6.25. The van der Waals surface area contributed by atoms with Crippen molar-refractivity contribution in [1.29, 1.82) is 5.26 Å². The second-order valence-corrected chi connectivity index (χ2v) is 16.4. The van der Waals surface area contributed by atoms with Crippen LogP contribution in [0.15, 0.2) is 67.1 Å². The molecule has 3 aliphatic heterocycles. The van der Waals surface area contributed by atoms with E-state index in [4.69, 9.17) is 19.8 Å². The molecule has 1 saturated carbocycles. The molecule has 4 N–H and O–H groups in total. The number of aromatic nitrogens is 5. The molecule has 0 bridgehead atoms. The van der Waals surface area contributed by atoms with Crippen molar-refractivity contribution >= 4 is 46.1 Å². The zero-order valence-corrected chi connectivity index (χ0v) is 33.7. The number of amides is 3. The predicted molar refractivity (Wildman–Crippen MR) is 227 cm³/mol. The van der Waals surface area contributed by atoms with Crippen molar-refractivity contribution in [2.45, 2.75) is 75.8 Å². The van der Waals surface area contributed by atoms with Crippen LogP contribution in [0.4, 0.5) is 17.3 Å². The van der Waals surface area contributed by atoms with Crippen LogP contribution in [0.5, 0.6) is 0 Å². The number of carbonyl (C=O) groups excluding carboxylic acids is 3. The molecule has 6 heterocycles. The first-order chi connectivity index (χ1) is 29.4. The third-order valence-corrected chi connectivity index (χ3v) is 12.7. The number of hydrogen-bond acceptors (Lipinski definition) is 11. The second-order valence-electron chi connectivity index (χ2n) is 16.4. The molecule has 5 aromatic rings. The number of carbonyl (C=O) groups is 3. The molecule has 4 aliphatic rings. The van der Waals surface area contributed by atoms with Crippen LogP contribution in [-0.4, -0.2) is 104 Å². The first kappa shape index (κ1) is 39.4. The van der Waals surface area contributed by atoms with Gasteiger partial charge in [0.1, 0.15) is 11.7 Å². The molecule has 1 aliphatic carbocycles. The number of nitrogens with zero attached hydrogens (tertiary/aromatic N) is 7. The molecule has 3 amide bonds. The van der Waals surface area contributed by atoms with Gasteiger partial charge in [-0.05, 0) is 99.3 Å². The summed E-state index contributed by atoms with van der Waals surface area (Å²) in [5.41, 5.74) is 5.93. The van der Waals surface area contributed by atoms with E-state index in [1.54, 1.807) is 18.2 Å². The van der Waals surface area contributed by atoms with Crippen molar-refractivity contribution < 1.29 is 19.1 Å². The van der Waals surface area contributed by atoms with Crippen molar-refractivity contribution in [2.75, 3.05) is 56.6 Å². The first-order valence-corrected chi connectivity index (χ1v) is 21.4. The molecule has 2 saturated heterocycles. The van der Waals surface area contributed by atoms with Crippen LogP contribution >= 0.6 is 0 Å². The molecule has 2 aromatic carbocycles. The number of rotatable bonds is 15. The minimum Gasteiger partial charge on any atom is -0.382 e. The average Bonchev–Trinajstić information content (AvgIpc) is 4.11. The van der Waals surface area contributed by atoms with Crippen molar-refractivity contribution in [3.63, 3.8) is 0 Å². The average molecular weight is 810 g/mol. The number of benzene rings is 2. The molecular weight excluding hydrogens is 759 g/mol. The van der Waals surface area contributed by atoms with Gasteiger partial charge in [0, 0.05) is 54.4 Å². The number of aromatic amines is 1. The van der Waals surface area contributed by atoms with E-state index >= 15 is 0 Å². The van der Waals surface area contributed by atoms with Gasteiger partial charge in [-0.3, -0.25) is 24.0 Å². The zero-order chi connectivity index (χ0) is 41.0. The molecule has 3 fully saturated rings. The van der Waals surface area contributed by atoms with E-state index in [1.165, 1.54) is 18.4 Å². The molecule has 15 heteroatoms. The number of piperidine rings is 2. The van der Waals surface area contributed by atoms with E-state index in [0.717, 1.165) is 84.6 Å². The largest absolute Gasteiger partial charge is 0.382 e. The Balaban J connectivity index is 0.734. The summed E-state index contributed by atoms with van der Waals surface area (Å²) in [5.74, 6) is 0.349. The van der Waals surface area contributed by atoms with E-state index in [9.17, 15) is 19.6 Å². The SMILES string of the molecule is N#CCC(C1CCCC1)n1cc(-c2nc(Nc3ccc(C4CCN(CCOCCNc5cccc6c5C(=O)N(C5CCCNC5=O)C6=O)CC4)cc3)nc3[nH]ccc23)cn1. The first-order valence-electron chi connectivity index (χ1n) is 21.4. The molecular formula is C45H51N11O4. The third-order valence-electron chi connectivity index (χ3n) is 12.7. The van der Waals surface area contributed by atoms with Crippen LogP contribution in [0.25, 0.3) is 22.3 Å². The lowest BCUT2D eigenvalue weighted by atomic mass is 9.89. The quantitative estimate of drug-likeness (QED) is 0.0678. The van der Waals surface area contributed by atoms with Gasteiger partial charge < -0.3 is 30.6 Å². The summed E-state index contributed by atoms with van der Waals surface area (Å²) in [6.07, 6.45) is 14.3. The molecule has 2 unspecified atom stereocenters. The molecule has 3 aromatic heterocycles. The number of H-pyrrole nitrogens is 1. The normalized spacial score (nSPS) is 19.4. The summed E-state index contributed by atoms with van der Waals surface area (Å²) < 4.78 is 7.94. The number of ether oxygens (including phenoxy) is 1. The highest BCUT2D eigenvalue weighted by Crippen LogP contribution is 2.38. The topological polar surface area (TPSA) is 186 Å². The Hall–Kier alpha value is -6.11. The van der Waals surface area contributed by atoms with Crippen LogP contribution in [0.1, 0.15) is 96.0 Å². The standard InChI is InChI=1S/C45H51N11O4/c46-18-14-37(31-5-1-2-6-31)55-28-32(27-50-55)40-35-15-20-48-41(35)53-45(52-40)51-33-12-10-29(11-13-33)30-16-22-54(23-17-30)24-26-60-25-21-47-36-8-3-7-34-39(36)44(59)56(43(34)58)38-9-4-19-49-42(38)57/h3,7-8,10-13,15,20,27-28,30-31,37-38,47H,1-2,4-6,9,14,16-17,19,21-26H2,(H,49,57)(H2,48,51,52,53). The highest BCUT2D eigenvalue weighted by Gasteiger charge is 2.44. The molecule has 9 rings (SSSR count). The van der Waals surface area contributed by atoms with E-state index < -0.39 is 17.9 Å². The zero-order valence-electron chi connectivity index (χ0n) is 33.7. The van der Waals surface area contributed by atoms with E-state index in [1.807, 2.05) is 29.3 Å². The van der Waals surface area contributed by atoms with E-state index in [2.05, 4.69) is 56.2 Å². The molecule has 0 spiro atoms. The monoisotopic (exact) mass is 809 g/mol. The predicted octanol–water partition coefficient (Wildman–Crippen LogP) is 6.39. The Morgan fingerprint density at radius 2 is 1.77 bits per heavy atom. The van der Waals surface area contributed by atoms with E-state index in [0.29, 0.717) is 73.7 Å². The van der Waals surface area contributed by atoms with Gasteiger partial charge in [-0.15, -0.1) is 0 Å². The smallest absolute Gasteiger partial charge is 0.264 e. The maximum absolute atomic E-state index is 13.3. The lowest BCUT2D eigenvalue weighted by Gasteiger charge is -2.32. The molecule has 0 radical (unpaired) electrons. The Kier molecular flexibility index (Phi) is 11.6. The summed E-state index contributed by atoms with van der Waals surface area (Å²) in [6, 6.07) is 17.5. The van der Waals surface area contributed by atoms with Crippen LogP contribution < -0.4 is 16.0 Å². The number of imide groups is 1. The Morgan fingerprint density at radius 1 is 0.933 bits per heavy atom. The number of fused-ring (bicyclic) bond motifs is 2. The molecule has 310 valence electrons. The number of likely N-dealkylation sites (tertiary alicyclic amines) is 1. The molecule has 15 nitrogen and oxygen atoms in total. The number of nitriles is 1.